The molecular weight excluding hydrogens is 387 g/mol. The summed E-state index contributed by atoms with van der Waals surface area (Å²) in [5, 5.41) is 7.48. The Bertz CT molecular complexity index is 881. The third-order valence-electron chi connectivity index (χ3n) is 4.35. The monoisotopic (exact) mass is 407 g/mol. The average Bonchev–Trinajstić information content (AvgIpc) is 3.21. The van der Waals surface area contributed by atoms with Gasteiger partial charge in [-0.25, -0.2) is 4.79 Å². The predicted octanol–water partition coefficient (Wildman–Crippen LogP) is 4.14. The van der Waals surface area contributed by atoms with Crippen molar-refractivity contribution in [2.75, 3.05) is 17.2 Å². The van der Waals surface area contributed by atoms with Crippen LogP contribution in [0.25, 0.3) is 0 Å². The summed E-state index contributed by atoms with van der Waals surface area (Å²) >= 11 is 0. The highest BCUT2D eigenvalue weighted by atomic mass is 19.4. The van der Waals surface area contributed by atoms with E-state index in [1.54, 1.807) is 24.3 Å². The molecule has 0 aliphatic carbocycles. The highest BCUT2D eigenvalue weighted by molar-refractivity contribution is 5.94. The van der Waals surface area contributed by atoms with Crippen molar-refractivity contribution in [3.8, 4) is 0 Å². The van der Waals surface area contributed by atoms with Crippen LogP contribution in [-0.2, 0) is 22.3 Å². The van der Waals surface area contributed by atoms with Gasteiger partial charge in [-0.2, -0.15) is 13.2 Å². The van der Waals surface area contributed by atoms with Gasteiger partial charge in [-0.3, -0.25) is 4.79 Å². The Hall–Kier alpha value is -3.07. The number of benzene rings is 2. The van der Waals surface area contributed by atoms with Gasteiger partial charge >= 0.3 is 12.2 Å². The summed E-state index contributed by atoms with van der Waals surface area (Å²) in [5.74, 6) is -0.228. The Kier molecular flexibility index (Phi) is 6.38. The summed E-state index contributed by atoms with van der Waals surface area (Å²) < 4.78 is 44.3. The number of rotatable bonds is 5. The summed E-state index contributed by atoms with van der Waals surface area (Å²) in [6.07, 6.45) is -3.52. The molecular formula is C20H20F3N3O3. The fraction of sp³-hybridized carbons (Fsp3) is 0.300. The molecule has 1 unspecified atom stereocenters. The molecule has 1 aliphatic heterocycles. The number of hydrogen-bond acceptors (Lipinski definition) is 3. The molecule has 0 spiro atoms. The number of carbonyl (C=O) groups is 2. The number of amides is 3. The largest absolute Gasteiger partial charge is 0.418 e. The van der Waals surface area contributed by atoms with Gasteiger partial charge in [0.15, 0.2) is 0 Å². The maximum Gasteiger partial charge on any atom is 0.418 e. The zero-order chi connectivity index (χ0) is 20.9. The number of nitrogens with one attached hydrogen (secondary N) is 3. The Morgan fingerprint density at radius 3 is 2.59 bits per heavy atom. The zero-order valence-electron chi connectivity index (χ0n) is 15.4. The molecule has 9 heteroatoms. The lowest BCUT2D eigenvalue weighted by molar-refractivity contribution is -0.137. The first-order chi connectivity index (χ1) is 13.8. The number of hydrogen-bond donors (Lipinski definition) is 3. The number of urea groups is 1. The van der Waals surface area contributed by atoms with Crippen LogP contribution in [0.4, 0.5) is 29.3 Å². The average molecular weight is 407 g/mol. The van der Waals surface area contributed by atoms with Crippen molar-refractivity contribution < 1.29 is 27.5 Å². The molecule has 2 aromatic rings. The lowest BCUT2D eigenvalue weighted by Gasteiger charge is -2.14. The van der Waals surface area contributed by atoms with Gasteiger partial charge in [0.1, 0.15) is 6.10 Å². The van der Waals surface area contributed by atoms with Crippen LogP contribution in [0.2, 0.25) is 0 Å². The SMILES string of the molecule is O=C(NCc1cccc(NC(=O)C2CCCO2)c1)Nc1ccccc1C(F)(F)F. The van der Waals surface area contributed by atoms with Crippen LogP contribution in [0.3, 0.4) is 0 Å². The third kappa shape index (κ3) is 5.71. The van der Waals surface area contributed by atoms with Crippen LogP contribution in [-0.4, -0.2) is 24.6 Å². The molecule has 3 amide bonds. The van der Waals surface area contributed by atoms with Gasteiger partial charge in [0, 0.05) is 18.8 Å². The van der Waals surface area contributed by atoms with E-state index in [0.717, 1.165) is 12.5 Å². The van der Waals surface area contributed by atoms with Crippen molar-refractivity contribution in [2.24, 2.45) is 0 Å². The van der Waals surface area contributed by atoms with E-state index in [4.69, 9.17) is 4.74 Å². The Morgan fingerprint density at radius 2 is 1.86 bits per heavy atom. The number of para-hydroxylation sites is 1. The summed E-state index contributed by atoms with van der Waals surface area (Å²) in [6.45, 7) is 0.637. The summed E-state index contributed by atoms with van der Waals surface area (Å²) in [5.41, 5.74) is -0.0221. The molecule has 1 heterocycles. The van der Waals surface area contributed by atoms with Crippen molar-refractivity contribution in [1.82, 2.24) is 5.32 Å². The molecule has 1 saturated heterocycles. The number of halogens is 3. The Labute approximate surface area is 165 Å². The van der Waals surface area contributed by atoms with Crippen LogP contribution >= 0.6 is 0 Å². The number of anilines is 2. The summed E-state index contributed by atoms with van der Waals surface area (Å²) in [7, 11) is 0. The second-order valence-corrected chi connectivity index (χ2v) is 6.54. The minimum absolute atomic E-state index is 0.0731. The van der Waals surface area contributed by atoms with Gasteiger partial charge in [0.25, 0.3) is 5.91 Å². The molecule has 3 rings (SSSR count). The quantitative estimate of drug-likeness (QED) is 0.697. The van der Waals surface area contributed by atoms with Crippen molar-refractivity contribution in [3.63, 3.8) is 0 Å². The molecule has 29 heavy (non-hydrogen) atoms. The minimum atomic E-state index is -4.57. The molecule has 0 aromatic heterocycles. The first-order valence-electron chi connectivity index (χ1n) is 9.05. The van der Waals surface area contributed by atoms with Crippen LogP contribution in [0.5, 0.6) is 0 Å². The molecule has 6 nitrogen and oxygen atoms in total. The van der Waals surface area contributed by atoms with E-state index in [-0.39, 0.29) is 18.1 Å². The number of ether oxygens (including phenoxy) is 1. The standard InChI is InChI=1S/C20H20F3N3O3/c21-20(22,23)15-7-1-2-8-16(15)26-19(28)24-12-13-5-3-6-14(11-13)25-18(27)17-9-4-10-29-17/h1-3,5-8,11,17H,4,9-10,12H2,(H,25,27)(H2,24,26,28). The Balaban J connectivity index is 1.56. The minimum Gasteiger partial charge on any atom is -0.368 e. The molecule has 1 aliphatic rings. The van der Waals surface area contributed by atoms with Crippen LogP contribution in [0.15, 0.2) is 48.5 Å². The third-order valence-corrected chi connectivity index (χ3v) is 4.35. The van der Waals surface area contributed by atoms with Gasteiger partial charge in [-0.05, 0) is 42.7 Å². The molecule has 2 aromatic carbocycles. The molecule has 0 saturated carbocycles. The topological polar surface area (TPSA) is 79.5 Å². The van der Waals surface area contributed by atoms with Crippen LogP contribution < -0.4 is 16.0 Å². The van der Waals surface area contributed by atoms with E-state index >= 15 is 0 Å². The molecule has 1 atom stereocenters. The maximum atomic E-state index is 13.0. The van der Waals surface area contributed by atoms with Gasteiger partial charge in [-0.1, -0.05) is 24.3 Å². The van der Waals surface area contributed by atoms with Crippen molar-refractivity contribution in [3.05, 3.63) is 59.7 Å². The summed E-state index contributed by atoms with van der Waals surface area (Å²) in [4.78, 5) is 24.1. The smallest absolute Gasteiger partial charge is 0.368 e. The van der Waals surface area contributed by atoms with Gasteiger partial charge in [0.2, 0.25) is 0 Å². The second-order valence-electron chi connectivity index (χ2n) is 6.54. The predicted molar refractivity (Wildman–Crippen MR) is 101 cm³/mol. The Morgan fingerprint density at radius 1 is 1.07 bits per heavy atom. The van der Waals surface area contributed by atoms with Gasteiger partial charge < -0.3 is 20.7 Å². The molecule has 0 radical (unpaired) electrons. The van der Waals surface area contributed by atoms with Crippen molar-refractivity contribution in [1.29, 1.82) is 0 Å². The van der Waals surface area contributed by atoms with E-state index in [9.17, 15) is 22.8 Å². The first kappa shape index (κ1) is 20.7. The molecule has 1 fully saturated rings. The zero-order valence-corrected chi connectivity index (χ0v) is 15.4. The normalized spacial score (nSPS) is 16.3. The van der Waals surface area contributed by atoms with Gasteiger partial charge in [0.05, 0.1) is 11.3 Å². The highest BCUT2D eigenvalue weighted by Gasteiger charge is 2.33. The maximum absolute atomic E-state index is 13.0. The number of carbonyl (C=O) groups excluding carboxylic acids is 2. The summed E-state index contributed by atoms with van der Waals surface area (Å²) in [6, 6.07) is 10.8. The lowest BCUT2D eigenvalue weighted by atomic mass is 10.1. The molecule has 154 valence electrons. The van der Waals surface area contributed by atoms with Crippen molar-refractivity contribution in [2.45, 2.75) is 31.7 Å². The van der Waals surface area contributed by atoms with E-state index in [0.29, 0.717) is 24.3 Å². The lowest BCUT2D eigenvalue weighted by Crippen LogP contribution is -2.29. The molecule has 3 N–H and O–H groups in total. The van der Waals surface area contributed by atoms with Gasteiger partial charge in [-0.15, -0.1) is 0 Å². The molecule has 0 bridgehead atoms. The van der Waals surface area contributed by atoms with E-state index in [1.165, 1.54) is 18.2 Å². The number of alkyl halides is 3. The van der Waals surface area contributed by atoms with Crippen LogP contribution in [0, 0.1) is 0 Å². The highest BCUT2D eigenvalue weighted by Crippen LogP contribution is 2.34. The van der Waals surface area contributed by atoms with E-state index in [1.807, 2.05) is 0 Å². The van der Waals surface area contributed by atoms with E-state index < -0.39 is 23.9 Å². The fourth-order valence-corrected chi connectivity index (χ4v) is 2.95. The second kappa shape index (κ2) is 8.95. The van der Waals surface area contributed by atoms with E-state index in [2.05, 4.69) is 16.0 Å². The van der Waals surface area contributed by atoms with Crippen LogP contribution in [0.1, 0.15) is 24.0 Å². The fourth-order valence-electron chi connectivity index (χ4n) is 2.95. The van der Waals surface area contributed by atoms with Crippen molar-refractivity contribution >= 4 is 23.3 Å². The first-order valence-corrected chi connectivity index (χ1v) is 9.05.